The number of allylic oxidation sites excluding steroid dienone is 5. The normalized spacial score (nSPS) is 23.0. The standard InChI is InChI=1S/C32H38N4O7S/c1-32(2,30(38)39)36-28(37)24-16-26(27-33-12-13-42-27)44-29(24)35(31(36)40)17-19(23-8-6-5-7-9-25(23)41-4)18-43-22-14-20-10-11-21(15-22)34(20)3/h5-6,8-9,12-13,16,19-22H,7,10-11,14-15,17-18H2,1-4H3,(H,38,39). The molecule has 12 heteroatoms. The Bertz CT molecular complexity index is 1750. The van der Waals surface area contributed by atoms with Gasteiger partial charge in [0.25, 0.3) is 5.56 Å². The highest BCUT2D eigenvalue weighted by molar-refractivity contribution is 7.21. The molecule has 2 bridgehead atoms. The average Bonchev–Trinajstić information content (AvgIpc) is 3.67. The molecule has 44 heavy (non-hydrogen) atoms. The summed E-state index contributed by atoms with van der Waals surface area (Å²) in [5, 5.41) is 10.3. The van der Waals surface area contributed by atoms with E-state index in [0.29, 0.717) is 46.5 Å². The van der Waals surface area contributed by atoms with E-state index in [1.807, 2.05) is 24.3 Å². The lowest BCUT2D eigenvalue weighted by molar-refractivity contribution is -0.146. The summed E-state index contributed by atoms with van der Waals surface area (Å²) in [6.07, 6.45) is 16.0. The number of hydrogen-bond donors (Lipinski definition) is 1. The topological polar surface area (TPSA) is 129 Å². The maximum Gasteiger partial charge on any atom is 0.333 e. The first kappa shape index (κ1) is 30.3. The van der Waals surface area contributed by atoms with Crippen molar-refractivity contribution < 1.29 is 23.8 Å². The summed E-state index contributed by atoms with van der Waals surface area (Å²) in [5.74, 6) is -0.620. The summed E-state index contributed by atoms with van der Waals surface area (Å²) >= 11 is 1.21. The lowest BCUT2D eigenvalue weighted by Gasteiger charge is -2.37. The zero-order chi connectivity index (χ0) is 31.2. The van der Waals surface area contributed by atoms with Gasteiger partial charge in [0.1, 0.15) is 22.4 Å². The van der Waals surface area contributed by atoms with Crippen LogP contribution in [0.1, 0.15) is 46.0 Å². The lowest BCUT2D eigenvalue weighted by atomic mass is 9.96. The molecular weight excluding hydrogens is 584 g/mol. The van der Waals surface area contributed by atoms with Crippen molar-refractivity contribution in [2.24, 2.45) is 5.92 Å². The summed E-state index contributed by atoms with van der Waals surface area (Å²) in [5.41, 5.74) is -2.30. The van der Waals surface area contributed by atoms with Crippen LogP contribution in [0.3, 0.4) is 0 Å². The van der Waals surface area contributed by atoms with Crippen LogP contribution in [-0.4, -0.2) is 69.0 Å². The van der Waals surface area contributed by atoms with E-state index in [1.165, 1.54) is 55.1 Å². The van der Waals surface area contributed by atoms with E-state index >= 15 is 0 Å². The van der Waals surface area contributed by atoms with Crippen molar-refractivity contribution in [3.8, 4) is 10.8 Å². The highest BCUT2D eigenvalue weighted by Gasteiger charge is 2.40. The molecular formula is C32H38N4O7S. The third-order valence-electron chi connectivity index (χ3n) is 9.33. The van der Waals surface area contributed by atoms with Gasteiger partial charge in [-0.15, -0.1) is 11.3 Å². The van der Waals surface area contributed by atoms with E-state index in [2.05, 4.69) is 16.9 Å². The minimum atomic E-state index is -1.80. The molecule has 6 rings (SSSR count). The van der Waals surface area contributed by atoms with Crippen molar-refractivity contribution >= 4 is 27.5 Å². The van der Waals surface area contributed by atoms with E-state index in [0.717, 1.165) is 23.0 Å². The molecule has 1 aliphatic carbocycles. The Balaban J connectivity index is 1.46. The summed E-state index contributed by atoms with van der Waals surface area (Å²) in [6.45, 7) is 3.17. The van der Waals surface area contributed by atoms with Gasteiger partial charge < -0.3 is 23.9 Å². The Morgan fingerprint density at radius 3 is 2.66 bits per heavy atom. The van der Waals surface area contributed by atoms with Crippen LogP contribution < -0.4 is 11.2 Å². The number of ether oxygens (including phenoxy) is 2. The van der Waals surface area contributed by atoms with Crippen LogP contribution in [0.4, 0.5) is 0 Å². The number of hydrogen-bond acceptors (Lipinski definition) is 9. The third-order valence-corrected chi connectivity index (χ3v) is 10.5. The fourth-order valence-corrected chi connectivity index (χ4v) is 7.82. The molecule has 11 nitrogen and oxygen atoms in total. The Kier molecular flexibility index (Phi) is 8.25. The van der Waals surface area contributed by atoms with Crippen LogP contribution in [0.15, 0.2) is 68.2 Å². The van der Waals surface area contributed by atoms with E-state index < -0.39 is 22.8 Å². The number of carboxylic acid groups (broad SMARTS) is 1. The maximum atomic E-state index is 14.2. The number of oxazole rings is 1. The fourth-order valence-electron chi connectivity index (χ4n) is 6.73. The molecule has 3 aromatic rings. The smallest absolute Gasteiger partial charge is 0.333 e. The van der Waals surface area contributed by atoms with Gasteiger partial charge in [0.2, 0.25) is 5.89 Å². The zero-order valence-electron chi connectivity index (χ0n) is 25.4. The van der Waals surface area contributed by atoms with Crippen LogP contribution in [-0.2, 0) is 26.4 Å². The summed E-state index contributed by atoms with van der Waals surface area (Å²) in [6, 6.07) is 2.64. The van der Waals surface area contributed by atoms with Gasteiger partial charge in [-0.1, -0.05) is 18.2 Å². The molecule has 2 fully saturated rings. The highest BCUT2D eigenvalue weighted by Crippen LogP contribution is 2.37. The molecule has 3 unspecified atom stereocenters. The number of nitrogens with zero attached hydrogens (tertiary/aromatic N) is 4. The van der Waals surface area contributed by atoms with Gasteiger partial charge in [0.05, 0.1) is 36.3 Å². The number of fused-ring (bicyclic) bond motifs is 3. The van der Waals surface area contributed by atoms with Gasteiger partial charge in [0, 0.05) is 30.1 Å². The van der Waals surface area contributed by atoms with E-state index in [1.54, 1.807) is 13.2 Å². The minimum absolute atomic E-state index is 0.0955. The molecule has 3 aliphatic rings. The molecule has 0 spiro atoms. The zero-order valence-corrected chi connectivity index (χ0v) is 26.2. The average molecular weight is 623 g/mol. The van der Waals surface area contributed by atoms with Gasteiger partial charge in [-0.25, -0.2) is 19.1 Å². The lowest BCUT2D eigenvalue weighted by Crippen LogP contribution is -2.52. The predicted octanol–water partition coefficient (Wildman–Crippen LogP) is 4.37. The number of thiophene rings is 1. The summed E-state index contributed by atoms with van der Waals surface area (Å²) < 4.78 is 20.3. The molecule has 2 saturated heterocycles. The first-order chi connectivity index (χ1) is 21.1. The van der Waals surface area contributed by atoms with Crippen molar-refractivity contribution in [1.82, 2.24) is 19.0 Å². The molecule has 0 amide bonds. The molecule has 5 heterocycles. The Morgan fingerprint density at radius 1 is 1.25 bits per heavy atom. The Labute approximate surface area is 258 Å². The quantitative estimate of drug-likeness (QED) is 0.350. The van der Waals surface area contributed by atoms with Crippen molar-refractivity contribution in [1.29, 1.82) is 0 Å². The molecule has 3 aromatic heterocycles. The maximum absolute atomic E-state index is 14.2. The number of carboxylic acids is 1. The molecule has 2 aliphatic heterocycles. The van der Waals surface area contributed by atoms with Crippen LogP contribution >= 0.6 is 11.3 Å². The minimum Gasteiger partial charge on any atom is -0.497 e. The molecule has 0 aromatic carbocycles. The first-order valence-electron chi connectivity index (χ1n) is 15.0. The molecule has 0 saturated carbocycles. The van der Waals surface area contributed by atoms with Gasteiger partial charge in [0.15, 0.2) is 0 Å². The monoisotopic (exact) mass is 622 g/mol. The van der Waals surface area contributed by atoms with Crippen molar-refractivity contribution in [2.45, 2.75) is 76.2 Å². The second-order valence-corrected chi connectivity index (χ2v) is 13.3. The molecule has 0 radical (unpaired) electrons. The number of rotatable bonds is 10. The number of carbonyl (C=O) groups is 1. The first-order valence-corrected chi connectivity index (χ1v) is 15.8. The van der Waals surface area contributed by atoms with Crippen LogP contribution in [0.5, 0.6) is 0 Å². The second-order valence-electron chi connectivity index (χ2n) is 12.3. The number of piperidine rings is 1. The molecule has 3 atom stereocenters. The predicted molar refractivity (Wildman–Crippen MR) is 167 cm³/mol. The van der Waals surface area contributed by atoms with Crippen LogP contribution in [0.2, 0.25) is 0 Å². The summed E-state index contributed by atoms with van der Waals surface area (Å²) in [7, 11) is 3.82. The Hall–Kier alpha value is -3.74. The third kappa shape index (κ3) is 5.39. The number of methoxy groups -OCH3 is 1. The van der Waals surface area contributed by atoms with Gasteiger partial charge >= 0.3 is 11.7 Å². The molecule has 1 N–H and O–H groups in total. The van der Waals surface area contributed by atoms with Crippen molar-refractivity contribution in [3.05, 3.63) is 75.0 Å². The molecule has 234 valence electrons. The highest BCUT2D eigenvalue weighted by atomic mass is 32.1. The van der Waals surface area contributed by atoms with Crippen molar-refractivity contribution in [2.75, 3.05) is 20.8 Å². The van der Waals surface area contributed by atoms with E-state index in [9.17, 15) is 19.5 Å². The van der Waals surface area contributed by atoms with Crippen molar-refractivity contribution in [3.63, 3.8) is 0 Å². The van der Waals surface area contributed by atoms with Gasteiger partial charge in [-0.3, -0.25) is 9.36 Å². The SMILES string of the molecule is COC1=CCC=CC=C1C(COC1CC2CCC(C1)N2C)Cn1c(=O)n(C(C)(C)C(=O)O)c(=O)c2cc(-c3ncco3)sc21. The second kappa shape index (κ2) is 12.0. The van der Waals surface area contributed by atoms with Gasteiger partial charge in [-0.05, 0) is 65.1 Å². The van der Waals surface area contributed by atoms with E-state index in [-0.39, 0.29) is 24.0 Å². The van der Waals surface area contributed by atoms with Crippen LogP contribution in [0, 0.1) is 5.92 Å². The van der Waals surface area contributed by atoms with E-state index in [4.69, 9.17) is 13.9 Å². The number of aromatic nitrogens is 3. The van der Waals surface area contributed by atoms with Crippen LogP contribution in [0.25, 0.3) is 21.0 Å². The summed E-state index contributed by atoms with van der Waals surface area (Å²) in [4.78, 5) is 48.0. The van der Waals surface area contributed by atoms with Gasteiger partial charge in [-0.2, -0.15) is 0 Å². The largest absolute Gasteiger partial charge is 0.497 e. The fraction of sp³-hybridized carbons (Fsp3) is 0.500. The Morgan fingerprint density at radius 2 is 2.00 bits per heavy atom. The number of aliphatic carboxylic acids is 1.